The largest absolute Gasteiger partial charge is 0.383 e. The fourth-order valence-corrected chi connectivity index (χ4v) is 2.21. The molecule has 1 aromatic heterocycles. The first-order valence-electron chi connectivity index (χ1n) is 5.02. The summed E-state index contributed by atoms with van der Waals surface area (Å²) in [4.78, 5) is 4.12. The van der Waals surface area contributed by atoms with Crippen LogP contribution in [0.2, 0.25) is 0 Å². The molecule has 0 amide bonds. The fraction of sp³-hybridized carbons (Fsp3) is 0.250. The molecule has 0 aliphatic heterocycles. The van der Waals surface area contributed by atoms with E-state index in [9.17, 15) is 13.9 Å². The summed E-state index contributed by atoms with van der Waals surface area (Å²) >= 11 is 1.22. The molecule has 2 nitrogen and oxygen atoms in total. The molecule has 0 saturated carbocycles. The van der Waals surface area contributed by atoms with Crippen molar-refractivity contribution in [3.05, 3.63) is 40.2 Å². The SMILES string of the molecule is CC(C)(O)c1nc(-c2cc(F)ccc2F)cs1. The normalized spacial score (nSPS) is 11.8. The van der Waals surface area contributed by atoms with Crippen molar-refractivity contribution < 1.29 is 13.9 Å². The van der Waals surface area contributed by atoms with Crippen molar-refractivity contribution in [1.29, 1.82) is 0 Å². The molecule has 0 saturated heterocycles. The number of benzene rings is 1. The summed E-state index contributed by atoms with van der Waals surface area (Å²) in [6.07, 6.45) is 0. The van der Waals surface area contributed by atoms with Crippen LogP contribution in [0.3, 0.4) is 0 Å². The molecule has 17 heavy (non-hydrogen) atoms. The average molecular weight is 255 g/mol. The highest BCUT2D eigenvalue weighted by Crippen LogP contribution is 2.30. The third-order valence-electron chi connectivity index (χ3n) is 2.23. The number of thiazole rings is 1. The second kappa shape index (κ2) is 4.16. The number of hydrogen-bond acceptors (Lipinski definition) is 3. The Labute approximate surface area is 102 Å². The van der Waals surface area contributed by atoms with Gasteiger partial charge in [0.05, 0.1) is 5.69 Å². The predicted octanol–water partition coefficient (Wildman–Crippen LogP) is 3.32. The monoisotopic (exact) mass is 255 g/mol. The number of hydrogen-bond donors (Lipinski definition) is 1. The molecular formula is C12H11F2NOS. The zero-order valence-electron chi connectivity index (χ0n) is 9.37. The lowest BCUT2D eigenvalue weighted by atomic mass is 10.1. The number of aromatic nitrogens is 1. The van der Waals surface area contributed by atoms with Gasteiger partial charge in [-0.15, -0.1) is 11.3 Å². The molecule has 2 rings (SSSR count). The number of halogens is 2. The lowest BCUT2D eigenvalue weighted by molar-refractivity contribution is 0.0783. The summed E-state index contributed by atoms with van der Waals surface area (Å²) in [5.74, 6) is -1.04. The molecule has 90 valence electrons. The number of rotatable bonds is 2. The van der Waals surface area contributed by atoms with E-state index in [-0.39, 0.29) is 5.56 Å². The van der Waals surface area contributed by atoms with Crippen molar-refractivity contribution in [3.8, 4) is 11.3 Å². The number of nitrogens with zero attached hydrogens (tertiary/aromatic N) is 1. The van der Waals surface area contributed by atoms with Crippen LogP contribution < -0.4 is 0 Å². The Kier molecular flexibility index (Phi) is 2.97. The summed E-state index contributed by atoms with van der Waals surface area (Å²) in [5, 5.41) is 11.8. The molecule has 0 aliphatic rings. The highest BCUT2D eigenvalue weighted by molar-refractivity contribution is 7.10. The fourth-order valence-electron chi connectivity index (χ4n) is 1.37. The maximum absolute atomic E-state index is 13.5. The maximum atomic E-state index is 13.5. The molecule has 0 spiro atoms. The van der Waals surface area contributed by atoms with E-state index in [1.165, 1.54) is 11.3 Å². The van der Waals surface area contributed by atoms with Crippen LogP contribution in [0.5, 0.6) is 0 Å². The van der Waals surface area contributed by atoms with Gasteiger partial charge in [-0.05, 0) is 32.0 Å². The van der Waals surface area contributed by atoms with Gasteiger partial charge in [0.2, 0.25) is 0 Å². The molecule has 2 aromatic rings. The van der Waals surface area contributed by atoms with Gasteiger partial charge < -0.3 is 5.11 Å². The van der Waals surface area contributed by atoms with Crippen molar-refractivity contribution in [2.75, 3.05) is 0 Å². The molecule has 0 fully saturated rings. The van der Waals surface area contributed by atoms with E-state index in [0.29, 0.717) is 10.7 Å². The Balaban J connectivity index is 2.47. The molecule has 0 unspecified atom stereocenters. The van der Waals surface area contributed by atoms with Crippen LogP contribution in [0.1, 0.15) is 18.9 Å². The third-order valence-corrected chi connectivity index (χ3v) is 3.39. The van der Waals surface area contributed by atoms with Crippen molar-refractivity contribution in [1.82, 2.24) is 4.98 Å². The Bertz CT molecular complexity index is 546. The van der Waals surface area contributed by atoms with Gasteiger partial charge in [0, 0.05) is 10.9 Å². The molecule has 5 heteroatoms. The van der Waals surface area contributed by atoms with Crippen molar-refractivity contribution >= 4 is 11.3 Å². The lowest BCUT2D eigenvalue weighted by Gasteiger charge is -2.12. The first-order chi connectivity index (χ1) is 7.88. The first-order valence-corrected chi connectivity index (χ1v) is 5.89. The van der Waals surface area contributed by atoms with E-state index in [4.69, 9.17) is 0 Å². The van der Waals surface area contributed by atoms with Gasteiger partial charge >= 0.3 is 0 Å². The summed E-state index contributed by atoms with van der Waals surface area (Å²) < 4.78 is 26.5. The van der Waals surface area contributed by atoms with Gasteiger partial charge in [-0.2, -0.15) is 0 Å². The minimum absolute atomic E-state index is 0.108. The van der Waals surface area contributed by atoms with Crippen LogP contribution in [0.4, 0.5) is 8.78 Å². The van der Waals surface area contributed by atoms with Gasteiger partial charge in [0.15, 0.2) is 0 Å². The zero-order valence-corrected chi connectivity index (χ0v) is 10.2. The van der Waals surface area contributed by atoms with E-state index < -0.39 is 17.2 Å². The minimum atomic E-state index is -1.08. The van der Waals surface area contributed by atoms with E-state index >= 15 is 0 Å². The number of aliphatic hydroxyl groups is 1. The van der Waals surface area contributed by atoms with E-state index in [2.05, 4.69) is 4.98 Å². The van der Waals surface area contributed by atoms with Crippen LogP contribution in [0.15, 0.2) is 23.6 Å². The van der Waals surface area contributed by atoms with E-state index in [1.807, 2.05) is 0 Å². The Morgan fingerprint density at radius 3 is 2.59 bits per heavy atom. The zero-order chi connectivity index (χ0) is 12.6. The van der Waals surface area contributed by atoms with Gasteiger partial charge in [0.1, 0.15) is 22.2 Å². The van der Waals surface area contributed by atoms with Gasteiger partial charge in [0.25, 0.3) is 0 Å². The second-order valence-corrected chi connectivity index (χ2v) is 5.08. The average Bonchev–Trinajstić information content (AvgIpc) is 2.70. The molecule has 0 atom stereocenters. The van der Waals surface area contributed by atoms with Crippen LogP contribution in [0, 0.1) is 11.6 Å². The first kappa shape index (κ1) is 12.1. The second-order valence-electron chi connectivity index (χ2n) is 4.22. The van der Waals surface area contributed by atoms with Crippen LogP contribution in [-0.2, 0) is 5.60 Å². The Morgan fingerprint density at radius 1 is 1.29 bits per heavy atom. The van der Waals surface area contributed by atoms with Crippen LogP contribution in [0.25, 0.3) is 11.3 Å². The smallest absolute Gasteiger partial charge is 0.132 e. The topological polar surface area (TPSA) is 33.1 Å². The summed E-state index contributed by atoms with van der Waals surface area (Å²) in [7, 11) is 0. The molecule has 0 aliphatic carbocycles. The van der Waals surface area contributed by atoms with E-state index in [0.717, 1.165) is 18.2 Å². The molecule has 0 bridgehead atoms. The predicted molar refractivity (Wildman–Crippen MR) is 62.7 cm³/mol. The van der Waals surface area contributed by atoms with Gasteiger partial charge in [-0.25, -0.2) is 13.8 Å². The van der Waals surface area contributed by atoms with Crippen molar-refractivity contribution in [2.24, 2.45) is 0 Å². The standard InChI is InChI=1S/C12H11F2NOS/c1-12(2,16)11-15-10(6-17-11)8-5-7(13)3-4-9(8)14/h3-6,16H,1-2H3. The molecule has 0 radical (unpaired) electrons. The van der Waals surface area contributed by atoms with Gasteiger partial charge in [-0.3, -0.25) is 0 Å². The van der Waals surface area contributed by atoms with Crippen LogP contribution in [-0.4, -0.2) is 10.1 Å². The van der Waals surface area contributed by atoms with Crippen LogP contribution >= 0.6 is 11.3 Å². The quantitative estimate of drug-likeness (QED) is 0.893. The van der Waals surface area contributed by atoms with Crippen molar-refractivity contribution in [2.45, 2.75) is 19.4 Å². The lowest BCUT2D eigenvalue weighted by Crippen LogP contribution is -2.14. The highest BCUT2D eigenvalue weighted by Gasteiger charge is 2.21. The summed E-state index contributed by atoms with van der Waals surface area (Å²) in [5.41, 5.74) is -0.631. The van der Waals surface area contributed by atoms with E-state index in [1.54, 1.807) is 19.2 Å². The maximum Gasteiger partial charge on any atom is 0.132 e. The molecule has 1 N–H and O–H groups in total. The third kappa shape index (κ3) is 2.50. The molecular weight excluding hydrogens is 244 g/mol. The Morgan fingerprint density at radius 2 is 2.00 bits per heavy atom. The summed E-state index contributed by atoms with van der Waals surface area (Å²) in [6, 6.07) is 3.22. The summed E-state index contributed by atoms with van der Waals surface area (Å²) in [6.45, 7) is 3.19. The van der Waals surface area contributed by atoms with Gasteiger partial charge in [-0.1, -0.05) is 0 Å². The van der Waals surface area contributed by atoms with Crippen molar-refractivity contribution in [3.63, 3.8) is 0 Å². The Hall–Kier alpha value is -1.33. The molecule has 1 aromatic carbocycles. The highest BCUT2D eigenvalue weighted by atomic mass is 32.1. The minimum Gasteiger partial charge on any atom is -0.383 e. The molecule has 1 heterocycles.